The summed E-state index contributed by atoms with van der Waals surface area (Å²) in [6.45, 7) is 1.85. The summed E-state index contributed by atoms with van der Waals surface area (Å²) in [5.41, 5.74) is 1.98. The molecule has 82 valence electrons. The van der Waals surface area contributed by atoms with Gasteiger partial charge in [-0.3, -0.25) is 9.67 Å². The van der Waals surface area contributed by atoms with Crippen LogP contribution < -0.4 is 0 Å². The number of hydrogen-bond donors (Lipinski definition) is 1. The Balaban J connectivity index is 2.59. The van der Waals surface area contributed by atoms with Crippen LogP contribution in [0.3, 0.4) is 0 Å². The standard InChI is InChI=1S/C11H11N3O2/c1-7-4-3-5-9(12-7)10-8(11(15)16)6-14(2)13-10/h3-6H,1-2H3,(H,15,16). The molecule has 0 aliphatic rings. The van der Waals surface area contributed by atoms with E-state index < -0.39 is 5.97 Å². The van der Waals surface area contributed by atoms with Crippen molar-refractivity contribution >= 4 is 5.97 Å². The van der Waals surface area contributed by atoms with Crippen molar-refractivity contribution in [3.63, 3.8) is 0 Å². The van der Waals surface area contributed by atoms with Gasteiger partial charge >= 0.3 is 5.97 Å². The highest BCUT2D eigenvalue weighted by Gasteiger charge is 2.16. The maximum atomic E-state index is 11.0. The number of carbonyl (C=O) groups is 1. The molecular weight excluding hydrogens is 206 g/mol. The number of aromatic carboxylic acids is 1. The van der Waals surface area contributed by atoms with Crippen LogP contribution in [0, 0.1) is 6.92 Å². The number of carboxylic acid groups (broad SMARTS) is 1. The van der Waals surface area contributed by atoms with E-state index in [0.717, 1.165) is 5.69 Å². The summed E-state index contributed by atoms with van der Waals surface area (Å²) in [6, 6.07) is 5.44. The summed E-state index contributed by atoms with van der Waals surface area (Å²) in [6.07, 6.45) is 1.47. The minimum atomic E-state index is -0.994. The zero-order chi connectivity index (χ0) is 11.7. The van der Waals surface area contributed by atoms with Gasteiger partial charge in [0.25, 0.3) is 0 Å². The first-order valence-electron chi connectivity index (χ1n) is 4.79. The predicted octanol–water partition coefficient (Wildman–Crippen LogP) is 1.49. The molecule has 2 heterocycles. The quantitative estimate of drug-likeness (QED) is 0.827. The van der Waals surface area contributed by atoms with E-state index in [1.54, 1.807) is 13.1 Å². The molecule has 0 atom stereocenters. The van der Waals surface area contributed by atoms with Crippen molar-refractivity contribution in [3.8, 4) is 11.4 Å². The van der Waals surface area contributed by atoms with Gasteiger partial charge in [-0.05, 0) is 19.1 Å². The monoisotopic (exact) mass is 217 g/mol. The van der Waals surface area contributed by atoms with Crippen LogP contribution in [0.5, 0.6) is 0 Å². The summed E-state index contributed by atoms with van der Waals surface area (Å²) < 4.78 is 1.48. The van der Waals surface area contributed by atoms with Gasteiger partial charge in [0, 0.05) is 18.9 Å². The fraction of sp³-hybridized carbons (Fsp3) is 0.182. The number of pyridine rings is 1. The second-order valence-corrected chi connectivity index (χ2v) is 3.53. The van der Waals surface area contributed by atoms with Crippen LogP contribution in [0.4, 0.5) is 0 Å². The normalized spacial score (nSPS) is 10.4. The van der Waals surface area contributed by atoms with Crippen LogP contribution in [-0.2, 0) is 7.05 Å². The molecule has 16 heavy (non-hydrogen) atoms. The number of aryl methyl sites for hydroxylation is 2. The average Bonchev–Trinajstić information content (AvgIpc) is 2.60. The van der Waals surface area contributed by atoms with E-state index in [1.165, 1.54) is 10.9 Å². The third kappa shape index (κ3) is 1.79. The highest BCUT2D eigenvalue weighted by molar-refractivity contribution is 5.94. The molecule has 2 rings (SSSR count). The molecule has 0 radical (unpaired) electrons. The lowest BCUT2D eigenvalue weighted by molar-refractivity contribution is 0.0697. The van der Waals surface area contributed by atoms with Crippen molar-refractivity contribution in [1.82, 2.24) is 14.8 Å². The highest BCUT2D eigenvalue weighted by Crippen LogP contribution is 2.19. The SMILES string of the molecule is Cc1cccc(-c2nn(C)cc2C(=O)O)n1. The van der Waals surface area contributed by atoms with E-state index in [1.807, 2.05) is 19.1 Å². The Morgan fingerprint density at radius 1 is 1.44 bits per heavy atom. The van der Waals surface area contributed by atoms with Crippen LogP contribution in [0.15, 0.2) is 24.4 Å². The average molecular weight is 217 g/mol. The smallest absolute Gasteiger partial charge is 0.339 e. The third-order valence-electron chi connectivity index (χ3n) is 2.19. The van der Waals surface area contributed by atoms with Crippen LogP contribution in [0.1, 0.15) is 16.1 Å². The van der Waals surface area contributed by atoms with Crippen LogP contribution >= 0.6 is 0 Å². The third-order valence-corrected chi connectivity index (χ3v) is 2.19. The zero-order valence-electron chi connectivity index (χ0n) is 9.01. The van der Waals surface area contributed by atoms with Gasteiger partial charge in [0.05, 0.1) is 5.69 Å². The number of hydrogen-bond acceptors (Lipinski definition) is 3. The summed E-state index contributed by atoms with van der Waals surface area (Å²) in [5, 5.41) is 13.1. The van der Waals surface area contributed by atoms with E-state index in [0.29, 0.717) is 11.4 Å². The van der Waals surface area contributed by atoms with Gasteiger partial charge in [-0.25, -0.2) is 4.79 Å². The molecule has 0 aliphatic heterocycles. The summed E-state index contributed by atoms with van der Waals surface area (Å²) in [7, 11) is 1.69. The Bertz CT molecular complexity index is 546. The minimum Gasteiger partial charge on any atom is -0.478 e. The predicted molar refractivity (Wildman–Crippen MR) is 58.1 cm³/mol. The number of aromatic nitrogens is 3. The Morgan fingerprint density at radius 3 is 2.81 bits per heavy atom. The van der Waals surface area contributed by atoms with Crippen molar-refractivity contribution in [1.29, 1.82) is 0 Å². The lowest BCUT2D eigenvalue weighted by Crippen LogP contribution is -1.98. The van der Waals surface area contributed by atoms with Crippen LogP contribution in [0.2, 0.25) is 0 Å². The Labute approximate surface area is 92.4 Å². The first kappa shape index (κ1) is 10.4. The van der Waals surface area contributed by atoms with Crippen molar-refractivity contribution in [2.75, 3.05) is 0 Å². The second kappa shape index (κ2) is 3.77. The minimum absolute atomic E-state index is 0.167. The fourth-order valence-corrected chi connectivity index (χ4v) is 1.51. The molecule has 0 aromatic carbocycles. The molecule has 0 saturated heterocycles. The van der Waals surface area contributed by atoms with E-state index in [-0.39, 0.29) is 5.56 Å². The molecule has 0 unspecified atom stereocenters. The van der Waals surface area contributed by atoms with Crippen LogP contribution in [-0.4, -0.2) is 25.8 Å². The molecule has 0 saturated carbocycles. The van der Waals surface area contributed by atoms with Crippen molar-refractivity contribution < 1.29 is 9.90 Å². The zero-order valence-corrected chi connectivity index (χ0v) is 9.01. The maximum Gasteiger partial charge on any atom is 0.339 e. The largest absolute Gasteiger partial charge is 0.478 e. The molecule has 2 aromatic heterocycles. The molecule has 5 heteroatoms. The second-order valence-electron chi connectivity index (χ2n) is 3.53. The van der Waals surface area contributed by atoms with Gasteiger partial charge in [-0.15, -0.1) is 0 Å². The molecule has 0 bridgehead atoms. The summed E-state index contributed by atoms with van der Waals surface area (Å²) in [4.78, 5) is 15.3. The van der Waals surface area contributed by atoms with Gasteiger partial charge < -0.3 is 5.11 Å². The van der Waals surface area contributed by atoms with E-state index in [2.05, 4.69) is 10.1 Å². The lowest BCUT2D eigenvalue weighted by Gasteiger charge is -1.99. The Kier molecular flexibility index (Phi) is 2.44. The van der Waals surface area contributed by atoms with Crippen molar-refractivity contribution in [2.24, 2.45) is 7.05 Å². The van der Waals surface area contributed by atoms with Gasteiger partial charge in [0.15, 0.2) is 0 Å². The Morgan fingerprint density at radius 2 is 2.19 bits per heavy atom. The van der Waals surface area contributed by atoms with Gasteiger partial charge in [-0.2, -0.15) is 5.10 Å². The molecular formula is C11H11N3O2. The van der Waals surface area contributed by atoms with Gasteiger partial charge in [-0.1, -0.05) is 6.07 Å². The van der Waals surface area contributed by atoms with Crippen molar-refractivity contribution in [3.05, 3.63) is 35.7 Å². The molecule has 1 N–H and O–H groups in total. The summed E-state index contributed by atoms with van der Waals surface area (Å²) >= 11 is 0. The highest BCUT2D eigenvalue weighted by atomic mass is 16.4. The first-order valence-corrected chi connectivity index (χ1v) is 4.79. The van der Waals surface area contributed by atoms with E-state index >= 15 is 0 Å². The van der Waals surface area contributed by atoms with Crippen molar-refractivity contribution in [2.45, 2.75) is 6.92 Å². The van der Waals surface area contributed by atoms with Crippen LogP contribution in [0.25, 0.3) is 11.4 Å². The molecule has 0 aliphatic carbocycles. The summed E-state index contributed by atoms with van der Waals surface area (Å²) in [5.74, 6) is -0.994. The number of carboxylic acids is 1. The van der Waals surface area contributed by atoms with E-state index in [9.17, 15) is 4.79 Å². The van der Waals surface area contributed by atoms with E-state index in [4.69, 9.17) is 5.11 Å². The van der Waals surface area contributed by atoms with Gasteiger partial charge in [0.1, 0.15) is 11.3 Å². The fourth-order valence-electron chi connectivity index (χ4n) is 1.51. The molecule has 0 amide bonds. The molecule has 2 aromatic rings. The first-order chi connectivity index (χ1) is 7.58. The maximum absolute atomic E-state index is 11.0. The number of nitrogens with zero attached hydrogens (tertiary/aromatic N) is 3. The van der Waals surface area contributed by atoms with Gasteiger partial charge in [0.2, 0.25) is 0 Å². The molecule has 5 nitrogen and oxygen atoms in total. The lowest BCUT2D eigenvalue weighted by atomic mass is 10.2. The molecule has 0 spiro atoms. The molecule has 0 fully saturated rings. The topological polar surface area (TPSA) is 68.0 Å². The Hall–Kier alpha value is -2.17. The number of rotatable bonds is 2.